The molecular formula is C22H24NO6-. The maximum absolute atomic E-state index is 12.5. The standard InChI is InChI=1S/C22H25NO6/c1-11-13(6-7-19(24)23-12(2)20(25)26)21(27)29-18-9-17-15(8-14(11)18)16(10-28-17)22(3,4)5/h8-10,12H,6-7H2,1-5H3,(H,23,24)(H,25,26)/p-1/t12-/m0/s1. The Bertz CT molecular complexity index is 1160. The predicted octanol–water partition coefficient (Wildman–Crippen LogP) is 2.33. The minimum absolute atomic E-state index is 0.0318. The molecule has 7 nitrogen and oxygen atoms in total. The van der Waals surface area contributed by atoms with Crippen LogP contribution in [0.25, 0.3) is 21.9 Å². The van der Waals surface area contributed by atoms with Crippen molar-refractivity contribution in [2.45, 2.75) is 58.9 Å². The maximum atomic E-state index is 12.5. The summed E-state index contributed by atoms with van der Waals surface area (Å²) in [6, 6.07) is 2.57. The highest BCUT2D eigenvalue weighted by Crippen LogP contribution is 2.35. The van der Waals surface area contributed by atoms with Gasteiger partial charge in [-0.1, -0.05) is 20.8 Å². The second-order valence-electron chi connectivity index (χ2n) is 8.35. The molecule has 0 aliphatic rings. The van der Waals surface area contributed by atoms with Crippen molar-refractivity contribution < 1.29 is 23.5 Å². The third-order valence-corrected chi connectivity index (χ3v) is 5.12. The summed E-state index contributed by atoms with van der Waals surface area (Å²) < 4.78 is 11.1. The van der Waals surface area contributed by atoms with Crippen LogP contribution in [0.2, 0.25) is 0 Å². The van der Waals surface area contributed by atoms with E-state index in [0.29, 0.717) is 16.7 Å². The van der Waals surface area contributed by atoms with Crippen LogP contribution < -0.4 is 16.0 Å². The van der Waals surface area contributed by atoms with E-state index in [9.17, 15) is 19.5 Å². The van der Waals surface area contributed by atoms with E-state index in [4.69, 9.17) is 8.83 Å². The van der Waals surface area contributed by atoms with Gasteiger partial charge in [-0.05, 0) is 37.3 Å². The third kappa shape index (κ3) is 4.04. The lowest BCUT2D eigenvalue weighted by Gasteiger charge is -2.17. The summed E-state index contributed by atoms with van der Waals surface area (Å²) in [5, 5.41) is 14.8. The van der Waals surface area contributed by atoms with Crippen molar-refractivity contribution in [3.05, 3.63) is 45.5 Å². The Hall–Kier alpha value is -3.09. The van der Waals surface area contributed by atoms with Crippen molar-refractivity contribution in [3.63, 3.8) is 0 Å². The zero-order valence-corrected chi connectivity index (χ0v) is 17.2. The number of carboxylic acid groups (broad SMARTS) is 1. The van der Waals surface area contributed by atoms with Crippen LogP contribution in [-0.4, -0.2) is 17.9 Å². The number of carbonyl (C=O) groups excluding carboxylic acids is 2. The Kier molecular flexibility index (Phi) is 5.26. The van der Waals surface area contributed by atoms with E-state index in [1.807, 2.05) is 13.0 Å². The fourth-order valence-electron chi connectivity index (χ4n) is 3.39. The number of amides is 1. The van der Waals surface area contributed by atoms with Gasteiger partial charge in [0.25, 0.3) is 0 Å². The molecule has 1 amide bonds. The van der Waals surface area contributed by atoms with Crippen molar-refractivity contribution in [1.29, 1.82) is 0 Å². The molecule has 0 unspecified atom stereocenters. The normalized spacial score (nSPS) is 13.0. The molecule has 29 heavy (non-hydrogen) atoms. The van der Waals surface area contributed by atoms with Crippen LogP contribution in [0.5, 0.6) is 0 Å². The molecule has 0 aliphatic carbocycles. The summed E-state index contributed by atoms with van der Waals surface area (Å²) in [4.78, 5) is 35.2. The monoisotopic (exact) mass is 398 g/mol. The molecular weight excluding hydrogens is 374 g/mol. The molecule has 154 valence electrons. The zero-order chi connectivity index (χ0) is 21.5. The van der Waals surface area contributed by atoms with Gasteiger partial charge in [-0.15, -0.1) is 0 Å². The van der Waals surface area contributed by atoms with E-state index in [1.165, 1.54) is 6.92 Å². The van der Waals surface area contributed by atoms with E-state index in [1.54, 1.807) is 12.3 Å². The van der Waals surface area contributed by atoms with Gasteiger partial charge in [0.05, 0.1) is 18.3 Å². The number of hydrogen-bond acceptors (Lipinski definition) is 6. The first-order chi connectivity index (χ1) is 13.5. The highest BCUT2D eigenvalue weighted by Gasteiger charge is 2.22. The molecule has 0 aliphatic heterocycles. The fourth-order valence-corrected chi connectivity index (χ4v) is 3.39. The maximum Gasteiger partial charge on any atom is 0.339 e. The minimum atomic E-state index is -1.36. The number of aryl methyl sites for hydroxylation is 1. The van der Waals surface area contributed by atoms with Gasteiger partial charge >= 0.3 is 5.63 Å². The van der Waals surface area contributed by atoms with Crippen LogP contribution in [0.4, 0.5) is 0 Å². The summed E-state index contributed by atoms with van der Waals surface area (Å²) in [7, 11) is 0. The van der Waals surface area contributed by atoms with Gasteiger partial charge in [-0.2, -0.15) is 0 Å². The number of rotatable bonds is 5. The molecule has 0 radical (unpaired) electrons. The van der Waals surface area contributed by atoms with E-state index in [0.717, 1.165) is 21.9 Å². The number of hydrogen-bond donors (Lipinski definition) is 1. The zero-order valence-electron chi connectivity index (χ0n) is 17.2. The average Bonchev–Trinajstić information content (AvgIpc) is 3.03. The molecule has 0 spiro atoms. The highest BCUT2D eigenvalue weighted by atomic mass is 16.4. The van der Waals surface area contributed by atoms with Crippen LogP contribution in [0, 0.1) is 6.92 Å². The van der Waals surface area contributed by atoms with E-state index >= 15 is 0 Å². The van der Waals surface area contributed by atoms with Crippen LogP contribution in [0.1, 0.15) is 50.8 Å². The Labute approximate surface area is 167 Å². The SMILES string of the molecule is Cc1c(CCC(=O)N[C@@H](C)C(=O)[O-])c(=O)oc2cc3occ(C(C)(C)C)c3cc12. The Morgan fingerprint density at radius 3 is 2.48 bits per heavy atom. The van der Waals surface area contributed by atoms with Crippen LogP contribution >= 0.6 is 0 Å². The first-order valence-electron chi connectivity index (χ1n) is 9.47. The highest BCUT2D eigenvalue weighted by molar-refractivity contribution is 5.97. The van der Waals surface area contributed by atoms with E-state index < -0.39 is 23.5 Å². The molecule has 0 saturated heterocycles. The van der Waals surface area contributed by atoms with E-state index in [2.05, 4.69) is 26.1 Å². The second kappa shape index (κ2) is 7.39. The van der Waals surface area contributed by atoms with Gasteiger partial charge in [-0.3, -0.25) is 4.79 Å². The topological polar surface area (TPSA) is 113 Å². The van der Waals surface area contributed by atoms with Crippen molar-refractivity contribution in [2.24, 2.45) is 0 Å². The molecule has 2 aromatic heterocycles. The second-order valence-corrected chi connectivity index (χ2v) is 8.35. The first kappa shape index (κ1) is 20.6. The van der Waals surface area contributed by atoms with Gasteiger partial charge in [0.15, 0.2) is 0 Å². The van der Waals surface area contributed by atoms with Gasteiger partial charge in [-0.25, -0.2) is 4.79 Å². The van der Waals surface area contributed by atoms with Crippen LogP contribution in [-0.2, 0) is 21.4 Å². The number of aliphatic carboxylic acids is 1. The minimum Gasteiger partial charge on any atom is -0.548 e. The predicted molar refractivity (Wildman–Crippen MR) is 107 cm³/mol. The molecule has 1 aromatic carbocycles. The van der Waals surface area contributed by atoms with Gasteiger partial charge in [0.1, 0.15) is 11.2 Å². The number of fused-ring (bicyclic) bond motifs is 2. The molecule has 7 heteroatoms. The average molecular weight is 398 g/mol. The lowest BCUT2D eigenvalue weighted by Crippen LogP contribution is -2.46. The smallest absolute Gasteiger partial charge is 0.339 e. The van der Waals surface area contributed by atoms with Crippen LogP contribution in [0.3, 0.4) is 0 Å². The first-order valence-corrected chi connectivity index (χ1v) is 9.47. The molecule has 1 N–H and O–H groups in total. The molecule has 0 saturated carbocycles. The molecule has 0 bridgehead atoms. The van der Waals surface area contributed by atoms with Gasteiger partial charge < -0.3 is 24.1 Å². The van der Waals surface area contributed by atoms with Crippen molar-refractivity contribution in [3.8, 4) is 0 Å². The fraction of sp³-hybridized carbons (Fsp3) is 0.409. The summed E-state index contributed by atoms with van der Waals surface area (Å²) in [5.74, 6) is -1.83. The molecule has 3 aromatic rings. The summed E-state index contributed by atoms with van der Waals surface area (Å²) in [6.07, 6.45) is 1.84. The van der Waals surface area contributed by atoms with Crippen molar-refractivity contribution in [2.75, 3.05) is 0 Å². The molecule has 3 rings (SSSR count). The molecule has 0 fully saturated rings. The number of furan rings is 1. The summed E-state index contributed by atoms with van der Waals surface area (Å²) in [5.41, 5.74) is 2.63. The Morgan fingerprint density at radius 2 is 1.86 bits per heavy atom. The summed E-state index contributed by atoms with van der Waals surface area (Å²) >= 11 is 0. The lowest BCUT2D eigenvalue weighted by molar-refractivity contribution is -0.307. The van der Waals surface area contributed by atoms with Crippen LogP contribution in [0.15, 0.2) is 32.0 Å². The Morgan fingerprint density at radius 1 is 1.17 bits per heavy atom. The van der Waals surface area contributed by atoms with Gasteiger partial charge in [0.2, 0.25) is 5.91 Å². The third-order valence-electron chi connectivity index (χ3n) is 5.12. The van der Waals surface area contributed by atoms with E-state index in [-0.39, 0.29) is 18.3 Å². The van der Waals surface area contributed by atoms with Crippen molar-refractivity contribution >= 4 is 33.8 Å². The molecule has 2 heterocycles. The van der Waals surface area contributed by atoms with Crippen molar-refractivity contribution in [1.82, 2.24) is 5.32 Å². The lowest BCUT2D eigenvalue weighted by atomic mass is 9.86. The number of nitrogens with one attached hydrogen (secondary N) is 1. The number of carboxylic acids is 1. The number of carbonyl (C=O) groups is 2. The molecule has 1 atom stereocenters. The number of benzene rings is 1. The summed E-state index contributed by atoms with van der Waals surface area (Å²) in [6.45, 7) is 9.43. The Balaban J connectivity index is 1.98. The van der Waals surface area contributed by atoms with Gasteiger partial charge in [0, 0.05) is 34.4 Å². The largest absolute Gasteiger partial charge is 0.548 e. The quantitative estimate of drug-likeness (QED) is 0.660.